The average molecular weight is 398 g/mol. The molecular weight excluding hydrogens is 380 g/mol. The predicted octanol–water partition coefficient (Wildman–Crippen LogP) is 5.61. The lowest BCUT2D eigenvalue weighted by Crippen LogP contribution is -2.40. The molecule has 1 aliphatic heterocycles. The lowest BCUT2D eigenvalue weighted by atomic mass is 10.0. The monoisotopic (exact) mass is 397 g/mol. The van der Waals surface area contributed by atoms with Crippen LogP contribution < -0.4 is 9.41 Å². The lowest BCUT2D eigenvalue weighted by molar-refractivity contribution is -0.676. The van der Waals surface area contributed by atoms with Crippen LogP contribution in [0.15, 0.2) is 102 Å². The first-order valence-corrected chi connectivity index (χ1v) is 9.83. The second-order valence-electron chi connectivity index (χ2n) is 6.85. The molecule has 0 bridgehead atoms. The fraction of sp³-hybridized carbons (Fsp3) is 0.0400. The van der Waals surface area contributed by atoms with E-state index in [-0.39, 0.29) is 0 Å². The number of fused-ring (bicyclic) bond motifs is 1. The second-order valence-corrected chi connectivity index (χ2v) is 7.29. The number of hydrogen-bond acceptors (Lipinski definition) is 2. The Balaban J connectivity index is 1.69. The lowest BCUT2D eigenvalue weighted by Gasteiger charge is -2.14. The summed E-state index contributed by atoms with van der Waals surface area (Å²) in [6, 6.07) is 32.5. The highest BCUT2D eigenvalue weighted by Crippen LogP contribution is 2.28. The van der Waals surface area contributed by atoms with Gasteiger partial charge in [0.05, 0.1) is 6.07 Å². The first-order chi connectivity index (χ1) is 14.3. The molecule has 4 aromatic rings. The van der Waals surface area contributed by atoms with Gasteiger partial charge in [0.25, 0.3) is 0 Å². The van der Waals surface area contributed by atoms with E-state index in [0.29, 0.717) is 11.6 Å². The molecule has 3 nitrogen and oxygen atoms in total. The fourth-order valence-corrected chi connectivity index (χ4v) is 3.58. The highest BCUT2D eigenvalue weighted by molar-refractivity contribution is 6.30. The number of benzene rings is 3. The van der Waals surface area contributed by atoms with E-state index in [1.807, 2.05) is 71.4 Å². The van der Waals surface area contributed by atoms with Crippen molar-refractivity contribution in [1.29, 1.82) is 0 Å². The smallest absolute Gasteiger partial charge is 0.400 e. The predicted molar refractivity (Wildman–Crippen MR) is 116 cm³/mol. The summed E-state index contributed by atoms with van der Waals surface area (Å²) in [5, 5.41) is 5.63. The summed E-state index contributed by atoms with van der Waals surface area (Å²) in [6.07, 6.45) is 0. The normalized spacial score (nSPS) is 12.7. The minimum absolute atomic E-state index is 0.411. The average Bonchev–Trinajstić information content (AvgIpc) is 2.80. The van der Waals surface area contributed by atoms with Crippen LogP contribution in [0.5, 0.6) is 5.88 Å². The summed E-state index contributed by atoms with van der Waals surface area (Å²) in [5.74, 6) is 0.725. The molecule has 0 N–H and O–H groups in total. The Hall–Kier alpha value is -3.43. The van der Waals surface area contributed by atoms with Crippen LogP contribution in [0, 0.1) is 0 Å². The molecule has 0 spiro atoms. The number of pyridine rings is 1. The van der Waals surface area contributed by atoms with Gasteiger partial charge in [0.15, 0.2) is 5.71 Å². The third-order valence-corrected chi connectivity index (χ3v) is 5.19. The van der Waals surface area contributed by atoms with Crippen LogP contribution in [0.1, 0.15) is 5.56 Å². The summed E-state index contributed by atoms with van der Waals surface area (Å²) in [7, 11) is 0. The summed E-state index contributed by atoms with van der Waals surface area (Å²) in [4.78, 5) is 0. The van der Waals surface area contributed by atoms with Gasteiger partial charge in [0.2, 0.25) is 5.69 Å². The molecule has 0 saturated heterocycles. The van der Waals surface area contributed by atoms with Crippen molar-refractivity contribution in [2.75, 3.05) is 6.61 Å². The van der Waals surface area contributed by atoms with Crippen molar-refractivity contribution in [3.63, 3.8) is 0 Å². The molecule has 0 saturated carbocycles. The van der Waals surface area contributed by atoms with Crippen LogP contribution >= 0.6 is 11.6 Å². The number of halogens is 1. The first kappa shape index (κ1) is 17.7. The van der Waals surface area contributed by atoms with E-state index >= 15 is 0 Å². The molecular formula is C25H18ClN2O+. The van der Waals surface area contributed by atoms with Crippen molar-refractivity contribution in [1.82, 2.24) is 0 Å². The molecule has 0 amide bonds. The number of hydrogen-bond donors (Lipinski definition) is 0. The molecule has 140 valence electrons. The van der Waals surface area contributed by atoms with Gasteiger partial charge in [0.1, 0.15) is 6.61 Å². The highest BCUT2D eigenvalue weighted by atomic mass is 35.5. The summed E-state index contributed by atoms with van der Waals surface area (Å²) in [5.41, 5.74) is 6.16. The van der Waals surface area contributed by atoms with E-state index < -0.39 is 0 Å². The Morgan fingerprint density at radius 1 is 0.690 bits per heavy atom. The van der Waals surface area contributed by atoms with Crippen LogP contribution in [0.3, 0.4) is 0 Å². The van der Waals surface area contributed by atoms with Crippen LogP contribution in [-0.4, -0.2) is 12.3 Å². The molecule has 0 aliphatic carbocycles. The Morgan fingerprint density at radius 3 is 2.03 bits per heavy atom. The molecule has 1 aromatic heterocycles. The maximum absolute atomic E-state index is 6.14. The minimum atomic E-state index is 0.411. The molecule has 5 rings (SSSR count). The largest absolute Gasteiger partial charge is 0.436 e. The van der Waals surface area contributed by atoms with Gasteiger partial charge >= 0.3 is 5.88 Å². The quantitative estimate of drug-likeness (QED) is 0.413. The van der Waals surface area contributed by atoms with Crippen molar-refractivity contribution in [2.24, 2.45) is 5.10 Å². The van der Waals surface area contributed by atoms with Gasteiger partial charge in [-0.25, -0.2) is 0 Å². The topological polar surface area (TPSA) is 25.5 Å². The zero-order valence-corrected chi connectivity index (χ0v) is 16.4. The molecule has 3 aromatic carbocycles. The molecule has 0 fully saturated rings. The summed E-state index contributed by atoms with van der Waals surface area (Å²) < 4.78 is 8.03. The van der Waals surface area contributed by atoms with E-state index in [0.717, 1.165) is 39.5 Å². The van der Waals surface area contributed by atoms with Crippen LogP contribution in [0.4, 0.5) is 0 Å². The molecule has 0 unspecified atom stereocenters. The third kappa shape index (κ3) is 3.53. The zero-order valence-electron chi connectivity index (χ0n) is 15.6. The highest BCUT2D eigenvalue weighted by Gasteiger charge is 2.28. The van der Waals surface area contributed by atoms with E-state index in [9.17, 15) is 0 Å². The molecule has 0 atom stereocenters. The fourth-order valence-electron chi connectivity index (χ4n) is 3.46. The SMILES string of the molecule is Clc1ccc(C2=N[n+]3c(cc(-c4ccccc4)cc3-c3ccccc3)OC2)cc1. The Morgan fingerprint density at radius 2 is 1.34 bits per heavy atom. The number of nitrogens with zero attached hydrogens (tertiary/aromatic N) is 2. The minimum Gasteiger partial charge on any atom is -0.436 e. The first-order valence-electron chi connectivity index (χ1n) is 9.45. The number of ether oxygens (including phenoxy) is 1. The van der Waals surface area contributed by atoms with Crippen molar-refractivity contribution in [3.05, 3.63) is 108 Å². The van der Waals surface area contributed by atoms with Gasteiger partial charge in [-0.15, -0.1) is 0 Å². The van der Waals surface area contributed by atoms with Gasteiger partial charge in [-0.3, -0.25) is 0 Å². The summed E-state index contributed by atoms with van der Waals surface area (Å²) >= 11 is 6.04. The van der Waals surface area contributed by atoms with Gasteiger partial charge in [-0.1, -0.05) is 72.3 Å². The number of aromatic nitrogens is 1. The van der Waals surface area contributed by atoms with Gasteiger partial charge in [-0.2, -0.15) is 0 Å². The van der Waals surface area contributed by atoms with Crippen LogP contribution in [0.2, 0.25) is 5.02 Å². The van der Waals surface area contributed by atoms with E-state index in [1.165, 1.54) is 0 Å². The zero-order chi connectivity index (χ0) is 19.6. The Labute approximate surface area is 174 Å². The molecule has 2 heterocycles. The molecule has 1 aliphatic rings. The van der Waals surface area contributed by atoms with Crippen molar-refractivity contribution < 1.29 is 9.41 Å². The second kappa shape index (κ2) is 7.53. The maximum Gasteiger partial charge on any atom is 0.400 e. The molecule has 4 heteroatoms. The van der Waals surface area contributed by atoms with E-state index in [1.54, 1.807) is 0 Å². The van der Waals surface area contributed by atoms with Crippen molar-refractivity contribution in [2.45, 2.75) is 0 Å². The third-order valence-electron chi connectivity index (χ3n) is 4.94. The molecule has 0 radical (unpaired) electrons. The van der Waals surface area contributed by atoms with E-state index in [4.69, 9.17) is 21.4 Å². The van der Waals surface area contributed by atoms with Gasteiger partial charge < -0.3 is 4.74 Å². The van der Waals surface area contributed by atoms with Crippen LogP contribution in [0.25, 0.3) is 22.4 Å². The van der Waals surface area contributed by atoms with Gasteiger partial charge in [-0.05, 0) is 40.1 Å². The summed E-state index contributed by atoms with van der Waals surface area (Å²) in [6.45, 7) is 0.411. The van der Waals surface area contributed by atoms with Crippen molar-refractivity contribution >= 4 is 17.3 Å². The number of rotatable bonds is 3. The Kier molecular flexibility index (Phi) is 4.59. The van der Waals surface area contributed by atoms with Crippen molar-refractivity contribution in [3.8, 4) is 28.3 Å². The van der Waals surface area contributed by atoms with Crippen LogP contribution in [-0.2, 0) is 0 Å². The maximum atomic E-state index is 6.14. The molecule has 29 heavy (non-hydrogen) atoms. The van der Waals surface area contributed by atoms with Gasteiger partial charge in [0, 0.05) is 27.3 Å². The van der Waals surface area contributed by atoms with E-state index in [2.05, 4.69) is 30.3 Å². The Bertz CT molecular complexity index is 1190. The standard InChI is InChI=1S/C25H18ClN2O/c26-22-13-11-19(12-14-22)23-17-29-25-16-21(18-7-3-1-4-8-18)15-24(28(25)27-23)20-9-5-2-6-10-20/h1-16H,17H2/q+1.